The molecule has 2 nitrogen and oxygen atoms in total. The van der Waals surface area contributed by atoms with Gasteiger partial charge in [0.25, 0.3) is 0 Å². The molecule has 108 valence electrons. The lowest BCUT2D eigenvalue weighted by molar-refractivity contribution is 0.942. The van der Waals surface area contributed by atoms with Crippen LogP contribution in [0.3, 0.4) is 0 Å². The van der Waals surface area contributed by atoms with Gasteiger partial charge in [-0.2, -0.15) is 0 Å². The van der Waals surface area contributed by atoms with Crippen LogP contribution in [-0.2, 0) is 0 Å². The molecule has 0 saturated heterocycles. The first-order valence-corrected chi connectivity index (χ1v) is 7.37. The Morgan fingerprint density at radius 2 is 1.80 bits per heavy atom. The van der Waals surface area contributed by atoms with Crippen LogP contribution in [0.25, 0.3) is 0 Å². The summed E-state index contributed by atoms with van der Waals surface area (Å²) in [6.45, 7) is 7.19. The highest BCUT2D eigenvalue weighted by Crippen LogP contribution is 2.06. The lowest BCUT2D eigenvalue weighted by Gasteiger charge is -2.09. The molecule has 3 heteroatoms. The van der Waals surface area contributed by atoms with Crippen LogP contribution >= 0.6 is 12.2 Å². The van der Waals surface area contributed by atoms with Crippen molar-refractivity contribution in [2.75, 3.05) is 11.9 Å². The van der Waals surface area contributed by atoms with Crippen LogP contribution < -0.4 is 10.6 Å². The monoisotopic (exact) mass is 288 g/mol. The van der Waals surface area contributed by atoms with E-state index in [0.717, 1.165) is 25.1 Å². The number of hydrogen-bond acceptors (Lipinski definition) is 1. The average Bonchev–Trinajstić information content (AvgIpc) is 2.39. The third-order valence-corrected chi connectivity index (χ3v) is 3.08. The molecule has 0 aliphatic heterocycles. The van der Waals surface area contributed by atoms with Crippen molar-refractivity contribution in [2.24, 2.45) is 0 Å². The van der Waals surface area contributed by atoms with Crippen molar-refractivity contribution in [3.8, 4) is 0 Å². The fourth-order valence-electron chi connectivity index (χ4n) is 1.71. The Kier molecular flexibility index (Phi) is 7.66. The molecule has 1 rings (SSSR count). The number of rotatable bonds is 6. The minimum atomic E-state index is 0.657. The van der Waals surface area contributed by atoms with Crippen molar-refractivity contribution < 1.29 is 0 Å². The van der Waals surface area contributed by atoms with Gasteiger partial charge in [0, 0.05) is 12.2 Å². The second-order valence-electron chi connectivity index (χ2n) is 5.07. The van der Waals surface area contributed by atoms with Gasteiger partial charge in [-0.25, -0.2) is 0 Å². The maximum absolute atomic E-state index is 5.25. The lowest BCUT2D eigenvalue weighted by atomic mass is 10.1. The smallest absolute Gasteiger partial charge is 0.171 e. The summed E-state index contributed by atoms with van der Waals surface area (Å²) in [5, 5.41) is 7.00. The van der Waals surface area contributed by atoms with E-state index in [-0.39, 0.29) is 0 Å². The van der Waals surface area contributed by atoms with Gasteiger partial charge >= 0.3 is 0 Å². The molecule has 0 saturated carbocycles. The van der Waals surface area contributed by atoms with Gasteiger partial charge in [0.15, 0.2) is 5.11 Å². The molecule has 1 aromatic carbocycles. The SMILES string of the molecule is CC(C)=CCC/C(C)=C/CNC(=S)Nc1ccccc1. The maximum Gasteiger partial charge on any atom is 0.171 e. The second kappa shape index (κ2) is 9.32. The second-order valence-corrected chi connectivity index (χ2v) is 5.48. The number of thiocarbonyl (C=S) groups is 1. The summed E-state index contributed by atoms with van der Waals surface area (Å²) in [4.78, 5) is 0. The van der Waals surface area contributed by atoms with Crippen LogP contribution in [0.5, 0.6) is 0 Å². The molecule has 0 amide bonds. The highest BCUT2D eigenvalue weighted by molar-refractivity contribution is 7.80. The minimum absolute atomic E-state index is 0.657. The zero-order chi connectivity index (χ0) is 14.8. The topological polar surface area (TPSA) is 24.1 Å². The van der Waals surface area contributed by atoms with E-state index in [4.69, 9.17) is 12.2 Å². The van der Waals surface area contributed by atoms with E-state index in [1.54, 1.807) is 0 Å². The molecule has 0 spiro atoms. The summed E-state index contributed by atoms with van der Waals surface area (Å²) in [5.41, 5.74) is 3.77. The summed E-state index contributed by atoms with van der Waals surface area (Å²) in [5.74, 6) is 0. The van der Waals surface area contributed by atoms with E-state index in [0.29, 0.717) is 5.11 Å². The van der Waals surface area contributed by atoms with E-state index in [2.05, 4.69) is 43.6 Å². The van der Waals surface area contributed by atoms with Crippen LogP contribution in [0.1, 0.15) is 33.6 Å². The van der Waals surface area contributed by atoms with Gasteiger partial charge in [0.1, 0.15) is 0 Å². The summed E-state index contributed by atoms with van der Waals surface area (Å²) in [6.07, 6.45) is 6.67. The third-order valence-electron chi connectivity index (χ3n) is 2.84. The number of hydrogen-bond donors (Lipinski definition) is 2. The van der Waals surface area contributed by atoms with Crippen molar-refractivity contribution >= 4 is 23.0 Å². The Morgan fingerprint density at radius 1 is 1.10 bits per heavy atom. The zero-order valence-electron chi connectivity index (χ0n) is 12.6. The fourth-order valence-corrected chi connectivity index (χ4v) is 1.91. The standard InChI is InChI=1S/C17H24N2S/c1-14(2)8-7-9-15(3)12-13-18-17(20)19-16-10-5-4-6-11-16/h4-6,8,10-12H,7,9,13H2,1-3H3,(H2,18,19,20)/b15-12+. The Hall–Kier alpha value is -1.61. The average molecular weight is 288 g/mol. The first-order valence-electron chi connectivity index (χ1n) is 6.97. The van der Waals surface area contributed by atoms with Gasteiger partial charge in [-0.1, -0.05) is 41.5 Å². The summed E-state index contributed by atoms with van der Waals surface area (Å²) >= 11 is 5.25. The first-order chi connectivity index (χ1) is 9.58. The Morgan fingerprint density at radius 3 is 2.45 bits per heavy atom. The van der Waals surface area contributed by atoms with E-state index < -0.39 is 0 Å². The number of allylic oxidation sites excluding steroid dienone is 3. The van der Waals surface area contributed by atoms with Gasteiger partial charge in [-0.15, -0.1) is 0 Å². The zero-order valence-corrected chi connectivity index (χ0v) is 13.4. The molecule has 0 radical (unpaired) electrons. The lowest BCUT2D eigenvalue weighted by Crippen LogP contribution is -2.28. The third kappa shape index (κ3) is 7.74. The predicted molar refractivity (Wildman–Crippen MR) is 93.1 cm³/mol. The van der Waals surface area contributed by atoms with Crippen molar-refractivity contribution in [1.82, 2.24) is 5.32 Å². The van der Waals surface area contributed by atoms with Gasteiger partial charge in [0.2, 0.25) is 0 Å². The summed E-state index contributed by atoms with van der Waals surface area (Å²) < 4.78 is 0. The summed E-state index contributed by atoms with van der Waals surface area (Å²) in [7, 11) is 0. The predicted octanol–water partition coefficient (Wildman–Crippen LogP) is 4.67. The van der Waals surface area contributed by atoms with Crippen LogP contribution in [0.2, 0.25) is 0 Å². The molecule has 0 aliphatic carbocycles. The maximum atomic E-state index is 5.25. The molecule has 0 bridgehead atoms. The van der Waals surface area contributed by atoms with Crippen molar-refractivity contribution in [3.05, 3.63) is 53.6 Å². The van der Waals surface area contributed by atoms with Gasteiger partial charge < -0.3 is 10.6 Å². The Labute approximate surface area is 128 Å². The molecule has 0 atom stereocenters. The van der Waals surface area contributed by atoms with Crippen molar-refractivity contribution in [1.29, 1.82) is 0 Å². The van der Waals surface area contributed by atoms with Crippen LogP contribution in [-0.4, -0.2) is 11.7 Å². The van der Waals surface area contributed by atoms with Crippen LogP contribution in [0, 0.1) is 0 Å². The number of benzene rings is 1. The van der Waals surface area contributed by atoms with Gasteiger partial charge in [0.05, 0.1) is 0 Å². The van der Waals surface area contributed by atoms with Crippen LogP contribution in [0.15, 0.2) is 53.6 Å². The number of nitrogens with one attached hydrogen (secondary N) is 2. The normalized spacial score (nSPS) is 10.8. The highest BCUT2D eigenvalue weighted by Gasteiger charge is 1.95. The van der Waals surface area contributed by atoms with Gasteiger partial charge in [-0.05, 0) is 58.0 Å². The van der Waals surface area contributed by atoms with E-state index >= 15 is 0 Å². The quantitative estimate of drug-likeness (QED) is 0.588. The largest absolute Gasteiger partial charge is 0.359 e. The molecule has 1 aromatic rings. The van der Waals surface area contributed by atoms with Gasteiger partial charge in [-0.3, -0.25) is 0 Å². The molecule has 0 heterocycles. The summed E-state index contributed by atoms with van der Waals surface area (Å²) in [6, 6.07) is 9.94. The highest BCUT2D eigenvalue weighted by atomic mass is 32.1. The Balaban J connectivity index is 2.25. The molecular formula is C17H24N2S. The molecule has 0 unspecified atom stereocenters. The van der Waals surface area contributed by atoms with E-state index in [1.807, 2.05) is 30.3 Å². The Bertz CT molecular complexity index is 471. The van der Waals surface area contributed by atoms with Crippen molar-refractivity contribution in [2.45, 2.75) is 33.6 Å². The molecular weight excluding hydrogens is 264 g/mol. The number of para-hydroxylation sites is 1. The number of anilines is 1. The molecule has 2 N–H and O–H groups in total. The first kappa shape index (κ1) is 16.4. The molecule has 0 aliphatic rings. The molecule has 20 heavy (non-hydrogen) atoms. The molecule has 0 aromatic heterocycles. The van der Waals surface area contributed by atoms with Crippen LogP contribution in [0.4, 0.5) is 5.69 Å². The minimum Gasteiger partial charge on any atom is -0.359 e. The molecule has 0 fully saturated rings. The van der Waals surface area contributed by atoms with E-state index in [9.17, 15) is 0 Å². The fraction of sp³-hybridized carbons (Fsp3) is 0.353. The van der Waals surface area contributed by atoms with Crippen molar-refractivity contribution in [3.63, 3.8) is 0 Å². The van der Waals surface area contributed by atoms with E-state index in [1.165, 1.54) is 11.1 Å².